The van der Waals surface area contributed by atoms with Gasteiger partial charge in [-0.25, -0.2) is 0 Å². The summed E-state index contributed by atoms with van der Waals surface area (Å²) in [6.07, 6.45) is 6.48. The van der Waals surface area contributed by atoms with Gasteiger partial charge in [-0.2, -0.15) is 0 Å². The lowest BCUT2D eigenvalue weighted by molar-refractivity contribution is -0.0174. The SMILES string of the molecule is Bc1cnc2c(c1Cl)C[C@@H](O)[C@H](OC)CCCCC2Cc1ccc(OC)cc1. The van der Waals surface area contributed by atoms with Crippen LogP contribution in [0.3, 0.4) is 0 Å². The van der Waals surface area contributed by atoms with Crippen LogP contribution in [0.2, 0.25) is 5.02 Å². The van der Waals surface area contributed by atoms with Gasteiger partial charge in [0.05, 0.1) is 19.3 Å². The monoisotopic (exact) mass is 401 g/mol. The number of ether oxygens (including phenoxy) is 2. The summed E-state index contributed by atoms with van der Waals surface area (Å²) in [5.74, 6) is 1.13. The zero-order valence-corrected chi connectivity index (χ0v) is 17.7. The molecule has 1 N–H and O–H groups in total. The standard InChI is InChI=1S/C22H29BClNO3/c1-27-16-9-7-14(8-10-16)11-15-5-3-4-6-20(28-2)19(26)12-17-21(24)18(23)13-25-22(15)17/h7-10,13,15,19-20,26H,3-6,11-12,23H2,1-2H3/t15?,19-,20-/m1/s1. The van der Waals surface area contributed by atoms with Gasteiger partial charge in [-0.1, -0.05) is 42.0 Å². The van der Waals surface area contributed by atoms with E-state index >= 15 is 0 Å². The van der Waals surface area contributed by atoms with Crippen LogP contribution in [0.5, 0.6) is 5.75 Å². The third-order valence-electron chi connectivity index (χ3n) is 5.78. The van der Waals surface area contributed by atoms with Crippen LogP contribution in [-0.4, -0.2) is 44.4 Å². The van der Waals surface area contributed by atoms with E-state index in [0.717, 1.165) is 59.6 Å². The summed E-state index contributed by atoms with van der Waals surface area (Å²) in [4.78, 5) is 4.79. The lowest BCUT2D eigenvalue weighted by Crippen LogP contribution is -2.32. The van der Waals surface area contributed by atoms with Crippen LogP contribution in [0.25, 0.3) is 0 Å². The number of hydrogen-bond acceptors (Lipinski definition) is 4. The van der Waals surface area contributed by atoms with Crippen molar-refractivity contribution in [2.24, 2.45) is 0 Å². The molecule has 150 valence electrons. The number of rotatable bonds is 4. The summed E-state index contributed by atoms with van der Waals surface area (Å²) in [5, 5.41) is 11.5. The maximum atomic E-state index is 10.8. The minimum absolute atomic E-state index is 0.164. The molecule has 1 heterocycles. The van der Waals surface area contributed by atoms with E-state index in [-0.39, 0.29) is 12.0 Å². The van der Waals surface area contributed by atoms with Gasteiger partial charge < -0.3 is 14.6 Å². The second kappa shape index (κ2) is 9.77. The fourth-order valence-electron chi connectivity index (χ4n) is 4.12. The van der Waals surface area contributed by atoms with E-state index in [1.54, 1.807) is 14.2 Å². The summed E-state index contributed by atoms with van der Waals surface area (Å²) in [7, 11) is 5.32. The summed E-state index contributed by atoms with van der Waals surface area (Å²) in [6, 6.07) is 8.23. The molecule has 28 heavy (non-hydrogen) atoms. The third kappa shape index (κ3) is 4.89. The molecule has 0 saturated heterocycles. The van der Waals surface area contributed by atoms with Crippen molar-refractivity contribution >= 4 is 24.9 Å². The number of nitrogens with zero attached hydrogens (tertiary/aromatic N) is 1. The number of pyridine rings is 1. The summed E-state index contributed by atoms with van der Waals surface area (Å²) >= 11 is 6.69. The Balaban J connectivity index is 1.95. The van der Waals surface area contributed by atoms with Crippen molar-refractivity contribution in [3.63, 3.8) is 0 Å². The van der Waals surface area contributed by atoms with Crippen LogP contribution in [0.1, 0.15) is 48.4 Å². The average Bonchev–Trinajstić information content (AvgIpc) is 2.71. The van der Waals surface area contributed by atoms with Crippen LogP contribution in [0.4, 0.5) is 0 Å². The number of halogens is 1. The predicted octanol–water partition coefficient (Wildman–Crippen LogP) is 2.82. The smallest absolute Gasteiger partial charge is 0.143 e. The maximum absolute atomic E-state index is 10.8. The van der Waals surface area contributed by atoms with Gasteiger partial charge >= 0.3 is 0 Å². The first-order valence-electron chi connectivity index (χ1n) is 10.0. The fraction of sp³-hybridized carbons (Fsp3) is 0.500. The molecule has 0 spiro atoms. The van der Waals surface area contributed by atoms with Crippen molar-refractivity contribution < 1.29 is 14.6 Å². The van der Waals surface area contributed by atoms with E-state index in [9.17, 15) is 5.11 Å². The molecule has 0 amide bonds. The highest BCUT2D eigenvalue weighted by Crippen LogP contribution is 2.33. The van der Waals surface area contributed by atoms with Gasteiger partial charge in [0.2, 0.25) is 0 Å². The van der Waals surface area contributed by atoms with Gasteiger partial charge in [0.25, 0.3) is 0 Å². The molecule has 1 aliphatic rings. The highest BCUT2D eigenvalue weighted by Gasteiger charge is 2.27. The molecule has 1 unspecified atom stereocenters. The maximum Gasteiger partial charge on any atom is 0.143 e. The molecule has 3 rings (SSSR count). The average molecular weight is 402 g/mol. The Morgan fingerprint density at radius 1 is 1.18 bits per heavy atom. The molecular formula is C22H29BClNO3. The number of aromatic nitrogens is 1. The summed E-state index contributed by atoms with van der Waals surface area (Å²) in [6.45, 7) is 0. The number of aliphatic hydroxyl groups excluding tert-OH is 1. The quantitative estimate of drug-likeness (QED) is 0.801. The van der Waals surface area contributed by atoms with Crippen molar-refractivity contribution in [2.45, 2.75) is 56.7 Å². The van der Waals surface area contributed by atoms with E-state index in [1.165, 1.54) is 5.56 Å². The van der Waals surface area contributed by atoms with Crippen molar-refractivity contribution in [1.82, 2.24) is 4.98 Å². The lowest BCUT2D eigenvalue weighted by Gasteiger charge is -2.28. The van der Waals surface area contributed by atoms with Crippen LogP contribution in [0.15, 0.2) is 30.5 Å². The molecule has 6 heteroatoms. The third-order valence-corrected chi connectivity index (χ3v) is 6.31. The Morgan fingerprint density at radius 3 is 2.57 bits per heavy atom. The van der Waals surface area contributed by atoms with E-state index in [4.69, 9.17) is 26.1 Å². The molecule has 0 bridgehead atoms. The minimum Gasteiger partial charge on any atom is -0.497 e. The molecular weight excluding hydrogens is 373 g/mol. The molecule has 3 atom stereocenters. The Labute approximate surface area is 173 Å². The topological polar surface area (TPSA) is 51.6 Å². The number of aliphatic hydroxyl groups is 1. The first kappa shape index (κ1) is 21.2. The van der Waals surface area contributed by atoms with Gasteiger partial charge in [0, 0.05) is 36.4 Å². The molecule has 0 saturated carbocycles. The van der Waals surface area contributed by atoms with Crippen molar-refractivity contribution in [2.75, 3.05) is 14.2 Å². The first-order chi connectivity index (χ1) is 13.5. The predicted molar refractivity (Wildman–Crippen MR) is 116 cm³/mol. The first-order valence-corrected chi connectivity index (χ1v) is 10.4. The number of hydrogen-bond donors (Lipinski definition) is 1. The van der Waals surface area contributed by atoms with E-state index in [0.29, 0.717) is 6.42 Å². The highest BCUT2D eigenvalue weighted by molar-refractivity contribution is 6.45. The number of benzene rings is 1. The molecule has 2 aromatic rings. The molecule has 1 aromatic heterocycles. The number of fused-ring (bicyclic) bond motifs is 1. The van der Waals surface area contributed by atoms with E-state index in [2.05, 4.69) is 12.1 Å². The molecule has 4 nitrogen and oxygen atoms in total. The molecule has 0 fully saturated rings. The van der Waals surface area contributed by atoms with E-state index < -0.39 is 6.10 Å². The van der Waals surface area contributed by atoms with Gasteiger partial charge in [0.15, 0.2) is 0 Å². The molecule has 0 radical (unpaired) electrons. The van der Waals surface area contributed by atoms with Crippen LogP contribution < -0.4 is 10.2 Å². The Kier molecular flexibility index (Phi) is 7.39. The second-order valence-electron chi connectivity index (χ2n) is 7.70. The normalized spacial score (nSPS) is 23.1. The van der Waals surface area contributed by atoms with Gasteiger partial charge in [0.1, 0.15) is 13.6 Å². The molecule has 1 aromatic carbocycles. The summed E-state index contributed by atoms with van der Waals surface area (Å²) < 4.78 is 10.8. The van der Waals surface area contributed by atoms with Crippen LogP contribution in [0, 0.1) is 0 Å². The van der Waals surface area contributed by atoms with Gasteiger partial charge in [-0.05, 0) is 42.5 Å². The largest absolute Gasteiger partial charge is 0.497 e. The van der Waals surface area contributed by atoms with Crippen molar-refractivity contribution in [3.05, 3.63) is 52.3 Å². The molecule has 0 aliphatic heterocycles. The lowest BCUT2D eigenvalue weighted by atomic mass is 9.83. The number of methoxy groups -OCH3 is 2. The highest BCUT2D eigenvalue weighted by atomic mass is 35.5. The zero-order chi connectivity index (χ0) is 20.1. The second-order valence-corrected chi connectivity index (χ2v) is 8.08. The molecule has 1 aliphatic carbocycles. The fourth-order valence-corrected chi connectivity index (χ4v) is 4.35. The van der Waals surface area contributed by atoms with Gasteiger partial charge in [-0.15, -0.1) is 0 Å². The Bertz CT molecular complexity index is 784. The van der Waals surface area contributed by atoms with Gasteiger partial charge in [-0.3, -0.25) is 4.98 Å². The van der Waals surface area contributed by atoms with Crippen molar-refractivity contribution in [1.29, 1.82) is 0 Å². The van der Waals surface area contributed by atoms with Crippen LogP contribution >= 0.6 is 11.6 Å². The Morgan fingerprint density at radius 2 is 1.89 bits per heavy atom. The Hall–Kier alpha value is -1.56. The van der Waals surface area contributed by atoms with Crippen molar-refractivity contribution in [3.8, 4) is 5.75 Å². The zero-order valence-electron chi connectivity index (χ0n) is 17.0. The minimum atomic E-state index is -0.579. The van der Waals surface area contributed by atoms with E-state index in [1.807, 2.05) is 26.2 Å². The van der Waals surface area contributed by atoms with Crippen LogP contribution in [-0.2, 0) is 17.6 Å². The summed E-state index contributed by atoms with van der Waals surface area (Å²) in [5.41, 5.74) is 4.18.